The Hall–Kier alpha value is -1.82. The third kappa shape index (κ3) is 1.70. The summed E-state index contributed by atoms with van der Waals surface area (Å²) in [6, 6.07) is 9.46. The SMILES string of the molecule is N#Cc1ccc(C(=O)N2CC3CCC2C3)cc1. The Kier molecular flexibility index (Phi) is 2.36. The summed E-state index contributed by atoms with van der Waals surface area (Å²) in [7, 11) is 0. The van der Waals surface area contributed by atoms with Crippen LogP contribution < -0.4 is 0 Å². The summed E-state index contributed by atoms with van der Waals surface area (Å²) in [5.74, 6) is 0.851. The average Bonchev–Trinajstić information content (AvgIpc) is 3.00. The van der Waals surface area contributed by atoms with Gasteiger partial charge in [0.15, 0.2) is 0 Å². The van der Waals surface area contributed by atoms with Gasteiger partial charge in [-0.15, -0.1) is 0 Å². The van der Waals surface area contributed by atoms with Crippen LogP contribution in [0.2, 0.25) is 0 Å². The van der Waals surface area contributed by atoms with Crippen LogP contribution in [-0.4, -0.2) is 23.4 Å². The topological polar surface area (TPSA) is 44.1 Å². The summed E-state index contributed by atoms with van der Waals surface area (Å²) in [6.45, 7) is 0.920. The predicted molar refractivity (Wildman–Crippen MR) is 63.3 cm³/mol. The van der Waals surface area contributed by atoms with Crippen LogP contribution in [-0.2, 0) is 0 Å². The highest BCUT2D eigenvalue weighted by Crippen LogP contribution is 2.37. The Morgan fingerprint density at radius 2 is 2.06 bits per heavy atom. The van der Waals surface area contributed by atoms with E-state index >= 15 is 0 Å². The molecule has 1 aromatic rings. The highest BCUT2D eigenvalue weighted by molar-refractivity contribution is 5.94. The third-order valence-electron chi connectivity index (χ3n) is 3.93. The van der Waals surface area contributed by atoms with Gasteiger partial charge in [-0.25, -0.2) is 0 Å². The Bertz CT molecular complexity index is 486. The van der Waals surface area contributed by atoms with Crippen LogP contribution in [0.1, 0.15) is 35.2 Å². The van der Waals surface area contributed by atoms with Gasteiger partial charge in [0.05, 0.1) is 11.6 Å². The number of hydrogen-bond donors (Lipinski definition) is 0. The molecule has 1 aromatic carbocycles. The number of rotatable bonds is 1. The number of carbonyl (C=O) groups excluding carboxylic acids is 1. The molecule has 3 heteroatoms. The number of amides is 1. The van der Waals surface area contributed by atoms with Gasteiger partial charge in [-0.2, -0.15) is 5.26 Å². The first-order valence-electron chi connectivity index (χ1n) is 6.09. The minimum absolute atomic E-state index is 0.127. The van der Waals surface area contributed by atoms with Gasteiger partial charge in [0.1, 0.15) is 0 Å². The Morgan fingerprint density at radius 1 is 1.29 bits per heavy atom. The van der Waals surface area contributed by atoms with E-state index in [2.05, 4.69) is 6.07 Å². The van der Waals surface area contributed by atoms with Crippen molar-refractivity contribution >= 4 is 5.91 Å². The van der Waals surface area contributed by atoms with Gasteiger partial charge in [-0.3, -0.25) is 4.79 Å². The van der Waals surface area contributed by atoms with Gasteiger partial charge in [-0.05, 0) is 49.4 Å². The molecule has 2 bridgehead atoms. The van der Waals surface area contributed by atoms with E-state index in [4.69, 9.17) is 5.26 Å². The number of carbonyl (C=O) groups is 1. The molecule has 0 radical (unpaired) electrons. The quantitative estimate of drug-likeness (QED) is 0.736. The smallest absolute Gasteiger partial charge is 0.254 e. The Labute approximate surface area is 101 Å². The van der Waals surface area contributed by atoms with Crippen molar-refractivity contribution in [3.8, 4) is 6.07 Å². The fourth-order valence-corrected chi connectivity index (χ4v) is 3.03. The number of likely N-dealkylation sites (tertiary alicyclic amines) is 1. The lowest BCUT2D eigenvalue weighted by molar-refractivity contribution is 0.0703. The molecule has 1 heterocycles. The average molecular weight is 226 g/mol. The molecule has 0 aromatic heterocycles. The minimum atomic E-state index is 0.127. The molecule has 86 valence electrons. The molecule has 2 aliphatic rings. The second kappa shape index (κ2) is 3.89. The largest absolute Gasteiger partial charge is 0.335 e. The zero-order valence-corrected chi connectivity index (χ0v) is 9.60. The molecular formula is C14H14N2O. The summed E-state index contributed by atoms with van der Waals surface area (Å²) in [5, 5.41) is 8.72. The fraction of sp³-hybridized carbons (Fsp3) is 0.429. The molecule has 1 saturated heterocycles. The van der Waals surface area contributed by atoms with E-state index in [1.165, 1.54) is 12.8 Å². The second-order valence-electron chi connectivity index (χ2n) is 4.98. The van der Waals surface area contributed by atoms with Gasteiger partial charge in [0.2, 0.25) is 0 Å². The number of nitriles is 1. The van der Waals surface area contributed by atoms with Crippen molar-refractivity contribution in [3.05, 3.63) is 35.4 Å². The number of benzene rings is 1. The molecule has 2 fully saturated rings. The molecule has 17 heavy (non-hydrogen) atoms. The molecule has 1 aliphatic carbocycles. The van der Waals surface area contributed by atoms with Crippen LogP contribution in [0, 0.1) is 17.2 Å². The van der Waals surface area contributed by atoms with Gasteiger partial charge < -0.3 is 4.90 Å². The first kappa shape index (κ1) is 10.3. The molecule has 0 N–H and O–H groups in total. The molecule has 1 amide bonds. The van der Waals surface area contributed by atoms with Crippen molar-refractivity contribution in [3.63, 3.8) is 0 Å². The molecule has 1 aliphatic heterocycles. The number of hydrogen-bond acceptors (Lipinski definition) is 2. The normalized spacial score (nSPS) is 25.9. The van der Waals surface area contributed by atoms with Gasteiger partial charge >= 0.3 is 0 Å². The lowest BCUT2D eigenvalue weighted by Crippen LogP contribution is -2.37. The van der Waals surface area contributed by atoms with E-state index in [0.717, 1.165) is 18.9 Å². The number of fused-ring (bicyclic) bond motifs is 2. The van der Waals surface area contributed by atoms with Crippen molar-refractivity contribution in [2.24, 2.45) is 5.92 Å². The maximum atomic E-state index is 12.3. The van der Waals surface area contributed by atoms with Crippen molar-refractivity contribution in [1.29, 1.82) is 5.26 Å². The lowest BCUT2D eigenvalue weighted by atomic mass is 10.1. The fourth-order valence-electron chi connectivity index (χ4n) is 3.03. The molecule has 3 nitrogen and oxygen atoms in total. The van der Waals surface area contributed by atoms with E-state index in [-0.39, 0.29) is 5.91 Å². The summed E-state index contributed by atoms with van der Waals surface area (Å²) in [5.41, 5.74) is 1.31. The zero-order valence-electron chi connectivity index (χ0n) is 9.60. The lowest BCUT2D eigenvalue weighted by Gasteiger charge is -2.27. The first-order chi connectivity index (χ1) is 8.28. The molecule has 0 spiro atoms. The predicted octanol–water partition coefficient (Wildman–Crippen LogP) is 2.18. The molecule has 2 unspecified atom stereocenters. The Morgan fingerprint density at radius 3 is 2.59 bits per heavy atom. The second-order valence-corrected chi connectivity index (χ2v) is 4.98. The van der Waals surface area contributed by atoms with E-state index < -0.39 is 0 Å². The van der Waals surface area contributed by atoms with Gasteiger partial charge in [0.25, 0.3) is 5.91 Å². The van der Waals surface area contributed by atoms with Gasteiger partial charge in [-0.1, -0.05) is 0 Å². The van der Waals surface area contributed by atoms with Crippen LogP contribution in [0.3, 0.4) is 0 Å². The van der Waals surface area contributed by atoms with Crippen molar-refractivity contribution < 1.29 is 4.79 Å². The monoisotopic (exact) mass is 226 g/mol. The van der Waals surface area contributed by atoms with Crippen LogP contribution >= 0.6 is 0 Å². The van der Waals surface area contributed by atoms with Crippen molar-refractivity contribution in [2.75, 3.05) is 6.54 Å². The maximum Gasteiger partial charge on any atom is 0.254 e. The van der Waals surface area contributed by atoms with E-state index in [1.54, 1.807) is 24.3 Å². The highest BCUT2D eigenvalue weighted by Gasteiger charge is 2.40. The Balaban J connectivity index is 1.80. The third-order valence-corrected chi connectivity index (χ3v) is 3.93. The van der Waals surface area contributed by atoms with Crippen LogP contribution in [0.5, 0.6) is 0 Å². The number of piperidine rings is 1. The molecule has 3 rings (SSSR count). The van der Waals surface area contributed by atoms with E-state index in [0.29, 0.717) is 17.2 Å². The summed E-state index contributed by atoms with van der Waals surface area (Å²) < 4.78 is 0. The molecule has 1 saturated carbocycles. The van der Waals surface area contributed by atoms with E-state index in [1.807, 2.05) is 4.90 Å². The van der Waals surface area contributed by atoms with Crippen LogP contribution in [0.15, 0.2) is 24.3 Å². The first-order valence-corrected chi connectivity index (χ1v) is 6.09. The van der Waals surface area contributed by atoms with Crippen molar-refractivity contribution in [1.82, 2.24) is 4.90 Å². The van der Waals surface area contributed by atoms with Gasteiger partial charge in [0, 0.05) is 18.2 Å². The molecular weight excluding hydrogens is 212 g/mol. The molecule has 2 atom stereocenters. The maximum absolute atomic E-state index is 12.3. The standard InChI is InChI=1S/C14H14N2O/c15-8-10-1-4-12(5-2-10)14(17)16-9-11-3-6-13(16)7-11/h1-2,4-5,11,13H,3,6-7,9H2. The summed E-state index contributed by atoms with van der Waals surface area (Å²) in [6.07, 6.45) is 3.62. The number of nitrogens with zero attached hydrogens (tertiary/aromatic N) is 2. The summed E-state index contributed by atoms with van der Waals surface area (Å²) >= 11 is 0. The summed E-state index contributed by atoms with van der Waals surface area (Å²) in [4.78, 5) is 14.3. The highest BCUT2D eigenvalue weighted by atomic mass is 16.2. The van der Waals surface area contributed by atoms with Crippen LogP contribution in [0.25, 0.3) is 0 Å². The minimum Gasteiger partial charge on any atom is -0.335 e. The van der Waals surface area contributed by atoms with Crippen molar-refractivity contribution in [2.45, 2.75) is 25.3 Å². The zero-order chi connectivity index (χ0) is 11.8. The van der Waals surface area contributed by atoms with Crippen LogP contribution in [0.4, 0.5) is 0 Å². The van der Waals surface area contributed by atoms with E-state index in [9.17, 15) is 4.79 Å².